The van der Waals surface area contributed by atoms with Crippen LogP contribution in [0.2, 0.25) is 0 Å². The molecule has 2 unspecified atom stereocenters. The molecular weight excluding hydrogens is 214 g/mol. The molecule has 1 amide bonds. The minimum Gasteiger partial charge on any atom is -0.343 e. The van der Waals surface area contributed by atoms with Crippen molar-refractivity contribution in [2.75, 3.05) is 33.7 Å². The number of amides is 1. The topological polar surface area (TPSA) is 49.6 Å². The Morgan fingerprint density at radius 1 is 1.29 bits per heavy atom. The predicted octanol–water partition coefficient (Wildman–Crippen LogP) is 0.914. The van der Waals surface area contributed by atoms with Crippen LogP contribution < -0.4 is 5.73 Å². The van der Waals surface area contributed by atoms with Crippen molar-refractivity contribution >= 4 is 5.91 Å². The Bertz CT molecular complexity index is 243. The van der Waals surface area contributed by atoms with Gasteiger partial charge in [-0.15, -0.1) is 0 Å². The minimum absolute atomic E-state index is 0.0781. The number of hydrogen-bond donors (Lipinski definition) is 1. The fourth-order valence-corrected chi connectivity index (χ4v) is 2.53. The van der Waals surface area contributed by atoms with Crippen LogP contribution in [0.4, 0.5) is 0 Å². The van der Waals surface area contributed by atoms with E-state index in [-0.39, 0.29) is 17.9 Å². The van der Waals surface area contributed by atoms with Crippen LogP contribution in [-0.4, -0.2) is 55.5 Å². The first-order valence-corrected chi connectivity index (χ1v) is 6.75. The third kappa shape index (κ3) is 4.28. The maximum absolute atomic E-state index is 12.3. The SMILES string of the molecule is CCN(CCCN(C)C)C(=O)C1CCCC1N. The van der Waals surface area contributed by atoms with Gasteiger partial charge >= 0.3 is 0 Å². The van der Waals surface area contributed by atoms with E-state index in [2.05, 4.69) is 19.0 Å². The number of hydrogen-bond acceptors (Lipinski definition) is 3. The third-order valence-electron chi connectivity index (χ3n) is 3.61. The number of carbonyl (C=O) groups is 1. The van der Waals surface area contributed by atoms with Gasteiger partial charge in [0.15, 0.2) is 0 Å². The summed E-state index contributed by atoms with van der Waals surface area (Å²) in [7, 11) is 4.12. The highest BCUT2D eigenvalue weighted by atomic mass is 16.2. The first-order valence-electron chi connectivity index (χ1n) is 6.75. The molecule has 0 radical (unpaired) electrons. The molecule has 2 N–H and O–H groups in total. The average Bonchev–Trinajstić information content (AvgIpc) is 2.69. The Morgan fingerprint density at radius 2 is 2.00 bits per heavy atom. The van der Waals surface area contributed by atoms with Crippen LogP contribution in [0.3, 0.4) is 0 Å². The second-order valence-corrected chi connectivity index (χ2v) is 5.28. The van der Waals surface area contributed by atoms with E-state index in [1.54, 1.807) is 0 Å². The Morgan fingerprint density at radius 3 is 2.47 bits per heavy atom. The number of rotatable bonds is 6. The fraction of sp³-hybridized carbons (Fsp3) is 0.923. The molecule has 1 aliphatic carbocycles. The van der Waals surface area contributed by atoms with E-state index in [1.807, 2.05) is 11.8 Å². The van der Waals surface area contributed by atoms with E-state index in [9.17, 15) is 4.79 Å². The lowest BCUT2D eigenvalue weighted by atomic mass is 10.0. The lowest BCUT2D eigenvalue weighted by molar-refractivity contribution is -0.135. The number of carbonyl (C=O) groups excluding carboxylic acids is 1. The molecule has 0 spiro atoms. The standard InChI is InChI=1S/C13H27N3O/c1-4-16(10-6-9-15(2)3)13(17)11-7-5-8-12(11)14/h11-12H,4-10,14H2,1-3H3. The summed E-state index contributed by atoms with van der Waals surface area (Å²) in [6.45, 7) is 4.74. The molecule has 0 saturated heterocycles. The molecule has 1 aliphatic rings. The Labute approximate surface area is 105 Å². The molecule has 0 aliphatic heterocycles. The lowest BCUT2D eigenvalue weighted by Crippen LogP contribution is -2.42. The average molecular weight is 241 g/mol. The molecule has 0 heterocycles. The van der Waals surface area contributed by atoms with E-state index in [0.717, 1.165) is 45.3 Å². The van der Waals surface area contributed by atoms with Crippen molar-refractivity contribution < 1.29 is 4.79 Å². The van der Waals surface area contributed by atoms with Crippen molar-refractivity contribution in [3.63, 3.8) is 0 Å². The van der Waals surface area contributed by atoms with Crippen LogP contribution in [0.25, 0.3) is 0 Å². The van der Waals surface area contributed by atoms with Crippen molar-refractivity contribution in [1.82, 2.24) is 9.80 Å². The molecule has 100 valence electrons. The molecule has 0 aromatic carbocycles. The molecular formula is C13H27N3O. The molecule has 0 bridgehead atoms. The van der Waals surface area contributed by atoms with Gasteiger partial charge in [0.25, 0.3) is 0 Å². The zero-order valence-corrected chi connectivity index (χ0v) is 11.5. The van der Waals surface area contributed by atoms with Crippen LogP contribution in [0.15, 0.2) is 0 Å². The summed E-state index contributed by atoms with van der Waals surface area (Å²) in [6, 6.07) is 0.0883. The number of nitrogens with zero attached hydrogens (tertiary/aromatic N) is 2. The first-order chi connectivity index (χ1) is 8.06. The van der Waals surface area contributed by atoms with Crippen LogP contribution in [0.5, 0.6) is 0 Å². The zero-order valence-electron chi connectivity index (χ0n) is 11.5. The van der Waals surface area contributed by atoms with Gasteiger partial charge in [0.05, 0.1) is 5.92 Å². The summed E-state index contributed by atoms with van der Waals surface area (Å²) < 4.78 is 0. The lowest BCUT2D eigenvalue weighted by Gasteiger charge is -2.26. The van der Waals surface area contributed by atoms with Crippen molar-refractivity contribution in [3.05, 3.63) is 0 Å². The van der Waals surface area contributed by atoms with Gasteiger partial charge in [-0.1, -0.05) is 6.42 Å². The second-order valence-electron chi connectivity index (χ2n) is 5.28. The highest BCUT2D eigenvalue weighted by Crippen LogP contribution is 2.25. The van der Waals surface area contributed by atoms with E-state index in [1.165, 1.54) is 0 Å². The second kappa shape index (κ2) is 6.97. The summed E-state index contributed by atoms with van der Waals surface area (Å²) in [4.78, 5) is 16.4. The first kappa shape index (κ1) is 14.5. The largest absolute Gasteiger partial charge is 0.343 e. The van der Waals surface area contributed by atoms with Gasteiger partial charge in [-0.05, 0) is 46.8 Å². The summed E-state index contributed by atoms with van der Waals surface area (Å²) in [5, 5.41) is 0. The van der Waals surface area contributed by atoms with Gasteiger partial charge in [0, 0.05) is 19.1 Å². The van der Waals surface area contributed by atoms with Gasteiger partial charge < -0.3 is 15.5 Å². The molecule has 0 aromatic rings. The van der Waals surface area contributed by atoms with E-state index in [0.29, 0.717) is 0 Å². The molecule has 1 saturated carbocycles. The molecule has 4 nitrogen and oxygen atoms in total. The van der Waals surface area contributed by atoms with Gasteiger partial charge in [0.2, 0.25) is 5.91 Å². The van der Waals surface area contributed by atoms with Crippen molar-refractivity contribution in [2.45, 2.75) is 38.6 Å². The summed E-state index contributed by atoms with van der Waals surface area (Å²) in [5.74, 6) is 0.352. The molecule has 17 heavy (non-hydrogen) atoms. The minimum atomic E-state index is 0.0781. The maximum atomic E-state index is 12.3. The molecule has 0 aromatic heterocycles. The van der Waals surface area contributed by atoms with E-state index in [4.69, 9.17) is 5.73 Å². The van der Waals surface area contributed by atoms with E-state index < -0.39 is 0 Å². The molecule has 1 rings (SSSR count). The fourth-order valence-electron chi connectivity index (χ4n) is 2.53. The van der Waals surface area contributed by atoms with Crippen molar-refractivity contribution in [2.24, 2.45) is 11.7 Å². The highest BCUT2D eigenvalue weighted by molar-refractivity contribution is 5.79. The van der Waals surface area contributed by atoms with Crippen LogP contribution in [-0.2, 0) is 4.79 Å². The Kier molecular flexibility index (Phi) is 5.92. The summed E-state index contributed by atoms with van der Waals surface area (Å²) >= 11 is 0. The van der Waals surface area contributed by atoms with Crippen LogP contribution in [0, 0.1) is 5.92 Å². The van der Waals surface area contributed by atoms with Crippen LogP contribution >= 0.6 is 0 Å². The quantitative estimate of drug-likeness (QED) is 0.752. The molecule has 1 fully saturated rings. The maximum Gasteiger partial charge on any atom is 0.227 e. The Balaban J connectivity index is 2.40. The number of nitrogens with two attached hydrogens (primary N) is 1. The van der Waals surface area contributed by atoms with E-state index >= 15 is 0 Å². The van der Waals surface area contributed by atoms with Crippen LogP contribution in [0.1, 0.15) is 32.6 Å². The van der Waals surface area contributed by atoms with Gasteiger partial charge in [0.1, 0.15) is 0 Å². The van der Waals surface area contributed by atoms with Gasteiger partial charge in [-0.25, -0.2) is 0 Å². The van der Waals surface area contributed by atoms with Crippen molar-refractivity contribution in [3.8, 4) is 0 Å². The predicted molar refractivity (Wildman–Crippen MR) is 70.7 cm³/mol. The summed E-state index contributed by atoms with van der Waals surface area (Å²) in [5.41, 5.74) is 5.99. The monoisotopic (exact) mass is 241 g/mol. The normalized spacial score (nSPS) is 24.3. The van der Waals surface area contributed by atoms with Gasteiger partial charge in [-0.3, -0.25) is 4.79 Å². The third-order valence-corrected chi connectivity index (χ3v) is 3.61. The molecule has 4 heteroatoms. The van der Waals surface area contributed by atoms with Gasteiger partial charge in [-0.2, -0.15) is 0 Å². The summed E-state index contributed by atoms with van der Waals surface area (Å²) in [6.07, 6.45) is 4.12. The zero-order chi connectivity index (χ0) is 12.8. The molecule has 2 atom stereocenters. The highest BCUT2D eigenvalue weighted by Gasteiger charge is 2.32. The smallest absolute Gasteiger partial charge is 0.227 e. The Hall–Kier alpha value is -0.610. The van der Waals surface area contributed by atoms with Crippen molar-refractivity contribution in [1.29, 1.82) is 0 Å².